The molecule has 0 spiro atoms. The highest BCUT2D eigenvalue weighted by Gasteiger charge is 2.68. The molecule has 3 fully saturated rings. The molecule has 2 aliphatic heterocycles. The number of hydrogen-bond acceptors (Lipinski definition) is 8. The lowest BCUT2D eigenvalue weighted by atomic mass is 9.51. The van der Waals surface area contributed by atoms with Crippen LogP contribution in [-0.4, -0.2) is 65.5 Å². The van der Waals surface area contributed by atoms with Crippen LogP contribution >= 0.6 is 0 Å². The van der Waals surface area contributed by atoms with Crippen LogP contribution in [0.5, 0.6) is 17.2 Å². The fourth-order valence-corrected chi connectivity index (χ4v) is 8.32. The van der Waals surface area contributed by atoms with E-state index in [0.717, 1.165) is 5.57 Å². The summed E-state index contributed by atoms with van der Waals surface area (Å²) in [6.07, 6.45) is 3.93. The smallest absolute Gasteiger partial charge is 0.303 e. The normalized spacial score (nSPS) is 28.5. The average molecular weight is 631 g/mol. The van der Waals surface area contributed by atoms with Gasteiger partial charge in [-0.3, -0.25) is 28.9 Å². The van der Waals surface area contributed by atoms with Crippen molar-refractivity contribution in [3.63, 3.8) is 0 Å². The summed E-state index contributed by atoms with van der Waals surface area (Å²) in [7, 11) is 2.91. The van der Waals surface area contributed by atoms with E-state index < -0.39 is 46.9 Å². The largest absolute Gasteiger partial charge is 0.507 e. The molecule has 0 bridgehead atoms. The van der Waals surface area contributed by atoms with Crippen molar-refractivity contribution in [3.8, 4) is 17.2 Å². The number of imide groups is 2. The van der Waals surface area contributed by atoms with Crippen LogP contribution in [0.4, 0.5) is 5.69 Å². The number of rotatable bonds is 10. The minimum atomic E-state index is -1.34. The van der Waals surface area contributed by atoms with Crippen LogP contribution in [0.15, 0.2) is 54.1 Å². The van der Waals surface area contributed by atoms with Crippen molar-refractivity contribution in [2.75, 3.05) is 25.7 Å². The van der Waals surface area contributed by atoms with Crippen molar-refractivity contribution in [2.45, 2.75) is 51.4 Å². The Hall–Kier alpha value is -4.67. The number of unbranched alkanes of at least 4 members (excludes halogenated alkanes) is 2. The standard InChI is InChI=1S/C35H38N2O9/c1-35-24(32(42)37(34(35)44)19-10-6-4-7-11-19)18-23-21(30(35)29-25(38)16-20(45-2)17-26(29)46-3)13-14-22-28(23)33(43)36(31(22)41)15-9-5-8-12-27(39)40/h4,6-7,10-11,13,16-17,22-24,28,30,38H,5,8-9,12,14-15,18H2,1-3H3,(H,39,40)/t22-,23+,24-,28-,30+,35+/m0/s1. The molecule has 11 heteroatoms. The highest BCUT2D eigenvalue weighted by atomic mass is 16.5. The van der Waals surface area contributed by atoms with Gasteiger partial charge in [0.05, 0.1) is 43.1 Å². The number of methoxy groups -OCH3 is 2. The summed E-state index contributed by atoms with van der Waals surface area (Å²) >= 11 is 0. The number of phenols is 1. The van der Waals surface area contributed by atoms with Gasteiger partial charge in [0.1, 0.15) is 17.2 Å². The van der Waals surface area contributed by atoms with Crippen LogP contribution in [0, 0.1) is 29.1 Å². The Morgan fingerprint density at radius 3 is 2.37 bits per heavy atom. The topological polar surface area (TPSA) is 151 Å². The molecule has 11 nitrogen and oxygen atoms in total. The molecule has 2 heterocycles. The second-order valence-electron chi connectivity index (χ2n) is 12.8. The van der Waals surface area contributed by atoms with Gasteiger partial charge in [0.15, 0.2) is 0 Å². The molecule has 2 aromatic rings. The van der Waals surface area contributed by atoms with Crippen molar-refractivity contribution in [1.82, 2.24) is 4.90 Å². The maximum atomic E-state index is 14.5. The molecule has 4 amide bonds. The molecule has 6 rings (SSSR count). The molecular weight excluding hydrogens is 592 g/mol. The lowest BCUT2D eigenvalue weighted by Gasteiger charge is -2.49. The number of anilines is 1. The van der Waals surface area contributed by atoms with Gasteiger partial charge in [-0.15, -0.1) is 0 Å². The summed E-state index contributed by atoms with van der Waals surface area (Å²) in [5, 5.41) is 20.4. The number of aromatic hydroxyl groups is 1. The van der Waals surface area contributed by atoms with E-state index in [1.54, 1.807) is 43.3 Å². The van der Waals surface area contributed by atoms with E-state index in [-0.39, 0.29) is 55.0 Å². The number of nitrogens with zero attached hydrogens (tertiary/aromatic N) is 2. The predicted molar refractivity (Wildman–Crippen MR) is 165 cm³/mol. The van der Waals surface area contributed by atoms with E-state index in [0.29, 0.717) is 36.3 Å². The minimum Gasteiger partial charge on any atom is -0.507 e. The third kappa shape index (κ3) is 4.75. The van der Waals surface area contributed by atoms with Gasteiger partial charge < -0.3 is 19.7 Å². The summed E-state index contributed by atoms with van der Waals surface area (Å²) in [6, 6.07) is 11.8. The first-order valence-corrected chi connectivity index (χ1v) is 15.7. The molecule has 242 valence electrons. The van der Waals surface area contributed by atoms with Crippen LogP contribution in [-0.2, 0) is 24.0 Å². The second-order valence-corrected chi connectivity index (χ2v) is 12.8. The summed E-state index contributed by atoms with van der Waals surface area (Å²) < 4.78 is 11.1. The Bertz CT molecular complexity index is 1640. The fraction of sp³-hybridized carbons (Fsp3) is 0.457. The van der Waals surface area contributed by atoms with Gasteiger partial charge in [0, 0.05) is 36.6 Å². The SMILES string of the molecule is COc1cc(O)c([C@H]2C3=CC[C@@H]4C(=O)N(CCCCCC(=O)O)C(=O)[C@@H]4[C@@H]3C[C@H]3C(=O)N(c4ccccc4)C(=O)[C@@]23C)c(OC)c1. The third-order valence-corrected chi connectivity index (χ3v) is 10.5. The number of phenolic OH excluding ortho intramolecular Hbond substituents is 1. The summed E-state index contributed by atoms with van der Waals surface area (Å²) in [4.78, 5) is 69.8. The zero-order chi connectivity index (χ0) is 32.9. The number of aliphatic carboxylic acids is 1. The van der Waals surface area contributed by atoms with Crippen LogP contribution in [0.3, 0.4) is 0 Å². The Kier molecular flexibility index (Phi) is 8.12. The number of likely N-dealkylation sites (tertiary alicyclic amines) is 1. The molecule has 0 aromatic heterocycles. The van der Waals surface area contributed by atoms with Gasteiger partial charge in [-0.25, -0.2) is 4.90 Å². The molecule has 0 radical (unpaired) electrons. The van der Waals surface area contributed by atoms with Crippen molar-refractivity contribution >= 4 is 35.3 Å². The Labute approximate surface area is 266 Å². The molecule has 1 saturated carbocycles. The van der Waals surface area contributed by atoms with Crippen molar-refractivity contribution < 1.29 is 43.7 Å². The average Bonchev–Trinajstić information content (AvgIpc) is 3.40. The molecular formula is C35H38N2O9. The van der Waals surface area contributed by atoms with Crippen molar-refractivity contribution in [1.29, 1.82) is 0 Å². The quantitative estimate of drug-likeness (QED) is 0.223. The van der Waals surface area contributed by atoms with E-state index in [1.165, 1.54) is 30.1 Å². The van der Waals surface area contributed by atoms with Gasteiger partial charge in [0.25, 0.3) is 0 Å². The van der Waals surface area contributed by atoms with E-state index >= 15 is 0 Å². The van der Waals surface area contributed by atoms with Crippen LogP contribution in [0.2, 0.25) is 0 Å². The number of carbonyl (C=O) groups is 5. The van der Waals surface area contributed by atoms with Crippen molar-refractivity contribution in [3.05, 3.63) is 59.7 Å². The first-order valence-electron chi connectivity index (χ1n) is 15.7. The first-order chi connectivity index (χ1) is 22.0. The van der Waals surface area contributed by atoms with Crippen molar-refractivity contribution in [2.24, 2.45) is 29.1 Å². The molecule has 4 aliphatic rings. The predicted octanol–water partition coefficient (Wildman–Crippen LogP) is 4.29. The number of ether oxygens (including phenoxy) is 2. The number of para-hydroxylation sites is 1. The second kappa shape index (κ2) is 11.9. The van der Waals surface area contributed by atoms with E-state index in [2.05, 4.69) is 0 Å². The molecule has 0 unspecified atom stereocenters. The lowest BCUT2D eigenvalue weighted by molar-refractivity contribution is -0.141. The van der Waals surface area contributed by atoms with E-state index in [4.69, 9.17) is 14.6 Å². The molecule has 2 aliphatic carbocycles. The number of fused-ring (bicyclic) bond motifs is 4. The number of carboxylic acid groups (broad SMARTS) is 1. The van der Waals surface area contributed by atoms with Gasteiger partial charge in [-0.05, 0) is 50.7 Å². The number of carboxylic acids is 1. The number of allylic oxidation sites excluding steroid dienone is 2. The monoisotopic (exact) mass is 630 g/mol. The summed E-state index contributed by atoms with van der Waals surface area (Å²) in [5.74, 6) is -5.34. The highest BCUT2D eigenvalue weighted by molar-refractivity contribution is 6.24. The maximum Gasteiger partial charge on any atom is 0.303 e. The van der Waals surface area contributed by atoms with Crippen LogP contribution in [0.1, 0.15) is 56.9 Å². The number of hydrogen-bond donors (Lipinski definition) is 2. The molecule has 46 heavy (non-hydrogen) atoms. The minimum absolute atomic E-state index is 0.0262. The van der Waals surface area contributed by atoms with Gasteiger partial charge in [-0.2, -0.15) is 0 Å². The zero-order valence-electron chi connectivity index (χ0n) is 26.1. The molecule has 6 atom stereocenters. The third-order valence-electron chi connectivity index (χ3n) is 10.5. The highest BCUT2D eigenvalue weighted by Crippen LogP contribution is 2.65. The molecule has 2 N–H and O–H groups in total. The van der Waals surface area contributed by atoms with Crippen LogP contribution < -0.4 is 14.4 Å². The molecule has 2 saturated heterocycles. The van der Waals surface area contributed by atoms with Gasteiger partial charge in [-0.1, -0.05) is 36.3 Å². The Morgan fingerprint density at radius 1 is 0.957 bits per heavy atom. The van der Waals surface area contributed by atoms with E-state index in [1.807, 2.05) is 6.08 Å². The summed E-state index contributed by atoms with van der Waals surface area (Å²) in [5.41, 5.74) is 0.165. The lowest BCUT2D eigenvalue weighted by Crippen LogP contribution is -2.49. The number of carbonyl (C=O) groups excluding carboxylic acids is 4. The number of amides is 4. The first kappa shape index (κ1) is 31.3. The van der Waals surface area contributed by atoms with Gasteiger partial charge in [0.2, 0.25) is 23.6 Å². The molecule has 2 aromatic carbocycles. The zero-order valence-corrected chi connectivity index (χ0v) is 26.1. The number of benzene rings is 2. The van der Waals surface area contributed by atoms with Crippen LogP contribution in [0.25, 0.3) is 0 Å². The van der Waals surface area contributed by atoms with E-state index in [9.17, 15) is 29.1 Å². The Morgan fingerprint density at radius 2 is 1.70 bits per heavy atom. The fourth-order valence-electron chi connectivity index (χ4n) is 8.32. The Balaban J connectivity index is 1.43. The maximum absolute atomic E-state index is 14.5. The summed E-state index contributed by atoms with van der Waals surface area (Å²) in [6.45, 7) is 1.95. The van der Waals surface area contributed by atoms with Gasteiger partial charge >= 0.3 is 5.97 Å².